The average molecular weight is 297 g/mol. The van der Waals surface area contributed by atoms with Crippen molar-refractivity contribution in [2.75, 3.05) is 27.1 Å². The standard InChI is InChI=1S/C12H13ClN4O3/c1-18-7-5-4-6(8(19-2)9(7)20-3)10-15-11(13)17-12(14)16-10/h4-5H,1-3H3,(H2,14,15,16,17). The van der Waals surface area contributed by atoms with Crippen LogP contribution in [0, 0.1) is 0 Å². The molecule has 0 saturated heterocycles. The zero-order valence-corrected chi connectivity index (χ0v) is 11.9. The summed E-state index contributed by atoms with van der Waals surface area (Å²) in [6, 6.07) is 3.44. The number of aromatic nitrogens is 3. The van der Waals surface area contributed by atoms with E-state index in [0.29, 0.717) is 28.6 Å². The zero-order valence-electron chi connectivity index (χ0n) is 11.2. The lowest BCUT2D eigenvalue weighted by Gasteiger charge is -2.15. The summed E-state index contributed by atoms with van der Waals surface area (Å²) in [4.78, 5) is 11.8. The van der Waals surface area contributed by atoms with Crippen molar-refractivity contribution in [1.82, 2.24) is 15.0 Å². The van der Waals surface area contributed by atoms with Gasteiger partial charge in [0.25, 0.3) is 0 Å². The predicted octanol–water partition coefficient (Wildman–Crippen LogP) is 1.80. The number of anilines is 1. The predicted molar refractivity (Wildman–Crippen MR) is 74.3 cm³/mol. The number of methoxy groups -OCH3 is 3. The van der Waals surface area contributed by atoms with E-state index in [-0.39, 0.29) is 11.2 Å². The van der Waals surface area contributed by atoms with Gasteiger partial charge in [0.05, 0.1) is 26.9 Å². The molecule has 0 aliphatic rings. The average Bonchev–Trinajstić information content (AvgIpc) is 2.44. The van der Waals surface area contributed by atoms with Gasteiger partial charge in [-0.3, -0.25) is 0 Å². The maximum atomic E-state index is 5.79. The first-order valence-electron chi connectivity index (χ1n) is 5.57. The molecule has 0 bridgehead atoms. The van der Waals surface area contributed by atoms with Crippen molar-refractivity contribution in [2.45, 2.75) is 0 Å². The van der Waals surface area contributed by atoms with Crippen molar-refractivity contribution in [3.05, 3.63) is 17.4 Å². The lowest BCUT2D eigenvalue weighted by atomic mass is 10.1. The SMILES string of the molecule is COc1ccc(-c2nc(N)nc(Cl)n2)c(OC)c1OC. The van der Waals surface area contributed by atoms with E-state index < -0.39 is 0 Å². The van der Waals surface area contributed by atoms with Crippen LogP contribution in [0.5, 0.6) is 17.2 Å². The summed E-state index contributed by atoms with van der Waals surface area (Å²) in [5, 5.41) is 0.00402. The van der Waals surface area contributed by atoms with Crippen molar-refractivity contribution in [3.8, 4) is 28.6 Å². The Labute approximate surface area is 120 Å². The maximum absolute atomic E-state index is 5.79. The van der Waals surface area contributed by atoms with E-state index in [2.05, 4.69) is 15.0 Å². The fraction of sp³-hybridized carbons (Fsp3) is 0.250. The van der Waals surface area contributed by atoms with Gasteiger partial charge in [0, 0.05) is 0 Å². The molecule has 0 aliphatic heterocycles. The highest BCUT2D eigenvalue weighted by molar-refractivity contribution is 6.28. The lowest BCUT2D eigenvalue weighted by Crippen LogP contribution is -2.02. The maximum Gasteiger partial charge on any atom is 0.227 e. The molecule has 0 saturated carbocycles. The van der Waals surface area contributed by atoms with E-state index >= 15 is 0 Å². The number of benzene rings is 1. The lowest BCUT2D eigenvalue weighted by molar-refractivity contribution is 0.325. The van der Waals surface area contributed by atoms with E-state index in [1.807, 2.05) is 0 Å². The second-order valence-electron chi connectivity index (χ2n) is 3.67. The van der Waals surface area contributed by atoms with E-state index in [1.54, 1.807) is 12.1 Å². The molecule has 20 heavy (non-hydrogen) atoms. The Hall–Kier alpha value is -2.28. The molecule has 106 valence electrons. The summed E-state index contributed by atoms with van der Waals surface area (Å²) in [6.07, 6.45) is 0. The molecular weight excluding hydrogens is 284 g/mol. The van der Waals surface area contributed by atoms with Gasteiger partial charge in [-0.2, -0.15) is 15.0 Å². The van der Waals surface area contributed by atoms with Gasteiger partial charge in [0.2, 0.25) is 17.0 Å². The summed E-state index contributed by atoms with van der Waals surface area (Å²) in [7, 11) is 4.56. The van der Waals surface area contributed by atoms with Gasteiger partial charge in [0.1, 0.15) is 0 Å². The van der Waals surface area contributed by atoms with Crippen LogP contribution in [0.15, 0.2) is 12.1 Å². The Morgan fingerprint density at radius 2 is 1.65 bits per heavy atom. The molecule has 1 aromatic carbocycles. The fourth-order valence-corrected chi connectivity index (χ4v) is 1.93. The quantitative estimate of drug-likeness (QED) is 0.919. The third-order valence-electron chi connectivity index (χ3n) is 2.57. The number of halogens is 1. The minimum Gasteiger partial charge on any atom is -0.493 e. The van der Waals surface area contributed by atoms with Gasteiger partial charge in [-0.1, -0.05) is 0 Å². The molecule has 1 aromatic heterocycles. The first-order chi connectivity index (χ1) is 9.60. The van der Waals surface area contributed by atoms with Crippen molar-refractivity contribution >= 4 is 17.5 Å². The van der Waals surface area contributed by atoms with Crippen molar-refractivity contribution < 1.29 is 14.2 Å². The number of hydrogen-bond acceptors (Lipinski definition) is 7. The Morgan fingerprint density at radius 1 is 0.950 bits per heavy atom. The Balaban J connectivity index is 2.67. The smallest absolute Gasteiger partial charge is 0.227 e. The van der Waals surface area contributed by atoms with Gasteiger partial charge >= 0.3 is 0 Å². The van der Waals surface area contributed by atoms with E-state index in [9.17, 15) is 0 Å². The van der Waals surface area contributed by atoms with E-state index in [1.165, 1.54) is 21.3 Å². The van der Waals surface area contributed by atoms with Gasteiger partial charge < -0.3 is 19.9 Å². The highest BCUT2D eigenvalue weighted by Crippen LogP contribution is 2.43. The van der Waals surface area contributed by atoms with Gasteiger partial charge in [-0.25, -0.2) is 0 Å². The second kappa shape index (κ2) is 5.79. The van der Waals surface area contributed by atoms with E-state index in [0.717, 1.165) is 0 Å². The number of ether oxygens (including phenoxy) is 3. The van der Waals surface area contributed by atoms with Crippen molar-refractivity contribution in [3.63, 3.8) is 0 Å². The molecule has 2 N–H and O–H groups in total. The summed E-state index contributed by atoms with van der Waals surface area (Å²) in [5.41, 5.74) is 6.14. The van der Waals surface area contributed by atoms with Crippen LogP contribution in [0.3, 0.4) is 0 Å². The molecule has 2 rings (SSSR count). The molecule has 0 unspecified atom stereocenters. The number of hydrogen-bond donors (Lipinski definition) is 1. The highest BCUT2D eigenvalue weighted by atomic mass is 35.5. The molecule has 0 radical (unpaired) electrons. The molecule has 0 fully saturated rings. The monoisotopic (exact) mass is 296 g/mol. The first kappa shape index (κ1) is 14.1. The van der Waals surface area contributed by atoms with Crippen molar-refractivity contribution in [2.24, 2.45) is 0 Å². The van der Waals surface area contributed by atoms with Crippen LogP contribution < -0.4 is 19.9 Å². The minimum absolute atomic E-state index is 0.00402. The number of nitrogens with zero attached hydrogens (tertiary/aromatic N) is 3. The molecule has 0 aliphatic carbocycles. The summed E-state index contributed by atoms with van der Waals surface area (Å²) in [6.45, 7) is 0. The van der Waals surface area contributed by atoms with Gasteiger partial charge in [0.15, 0.2) is 17.3 Å². The van der Waals surface area contributed by atoms with Gasteiger partial charge in [-0.05, 0) is 23.7 Å². The molecule has 1 heterocycles. The minimum atomic E-state index is 0.00402. The Morgan fingerprint density at radius 3 is 2.20 bits per heavy atom. The summed E-state index contributed by atoms with van der Waals surface area (Å²) in [5.74, 6) is 1.70. The molecule has 0 atom stereocenters. The number of nitrogens with two attached hydrogens (primary N) is 1. The van der Waals surface area contributed by atoms with Crippen LogP contribution >= 0.6 is 11.6 Å². The van der Waals surface area contributed by atoms with E-state index in [4.69, 9.17) is 31.5 Å². The first-order valence-corrected chi connectivity index (χ1v) is 5.95. The summed E-state index contributed by atoms with van der Waals surface area (Å²) < 4.78 is 15.9. The molecule has 2 aromatic rings. The largest absolute Gasteiger partial charge is 0.493 e. The fourth-order valence-electron chi connectivity index (χ4n) is 1.76. The van der Waals surface area contributed by atoms with Crippen molar-refractivity contribution in [1.29, 1.82) is 0 Å². The Kier molecular flexibility index (Phi) is 4.09. The molecule has 7 nitrogen and oxygen atoms in total. The number of rotatable bonds is 4. The van der Waals surface area contributed by atoms with Crippen LogP contribution in [0.25, 0.3) is 11.4 Å². The summed E-state index contributed by atoms with van der Waals surface area (Å²) >= 11 is 5.79. The molecule has 0 amide bonds. The molecule has 8 heteroatoms. The van der Waals surface area contributed by atoms with Crippen LogP contribution in [0.2, 0.25) is 5.28 Å². The molecule has 0 spiro atoms. The topological polar surface area (TPSA) is 92.4 Å². The Bertz CT molecular complexity index is 616. The van der Waals surface area contributed by atoms with Gasteiger partial charge in [-0.15, -0.1) is 0 Å². The third kappa shape index (κ3) is 2.53. The zero-order chi connectivity index (χ0) is 14.7. The second-order valence-corrected chi connectivity index (χ2v) is 4.01. The van der Waals surface area contributed by atoms with Crippen LogP contribution in [0.4, 0.5) is 5.95 Å². The van der Waals surface area contributed by atoms with Crippen LogP contribution in [-0.4, -0.2) is 36.3 Å². The normalized spacial score (nSPS) is 10.2. The highest BCUT2D eigenvalue weighted by Gasteiger charge is 2.19. The number of nitrogen functional groups attached to an aromatic ring is 1. The van der Waals surface area contributed by atoms with Crippen LogP contribution in [0.1, 0.15) is 0 Å². The third-order valence-corrected chi connectivity index (χ3v) is 2.74. The molecular formula is C12H13ClN4O3. The van der Waals surface area contributed by atoms with Crippen LogP contribution in [-0.2, 0) is 0 Å².